The number of piperidine rings is 1. The number of methoxy groups -OCH3 is 1. The molecule has 1 atom stereocenters. The average Bonchev–Trinajstić information content (AvgIpc) is 2.81. The van der Waals surface area contributed by atoms with E-state index in [4.69, 9.17) is 14.2 Å². The summed E-state index contributed by atoms with van der Waals surface area (Å²) in [7, 11) is 1.64. The van der Waals surface area contributed by atoms with Crippen LogP contribution in [0.1, 0.15) is 42.6 Å². The van der Waals surface area contributed by atoms with Gasteiger partial charge in [0.2, 0.25) is 5.95 Å². The van der Waals surface area contributed by atoms with Gasteiger partial charge in [-0.25, -0.2) is 14.4 Å². The van der Waals surface area contributed by atoms with Crippen molar-refractivity contribution in [2.45, 2.75) is 51.4 Å². The van der Waals surface area contributed by atoms with Crippen LogP contribution in [0.2, 0.25) is 0 Å². The predicted molar refractivity (Wildman–Crippen MR) is 126 cm³/mol. The minimum absolute atomic E-state index is 0.0111. The number of anilines is 1. The van der Waals surface area contributed by atoms with E-state index >= 15 is 0 Å². The Morgan fingerprint density at radius 1 is 1.26 bits per heavy atom. The second-order valence-electron chi connectivity index (χ2n) is 9.40. The summed E-state index contributed by atoms with van der Waals surface area (Å²) in [5.74, 6) is 0.818. The summed E-state index contributed by atoms with van der Waals surface area (Å²) in [6, 6.07) is 5.59. The number of ether oxygens (including phenoxy) is 3. The molecule has 1 aromatic carbocycles. The van der Waals surface area contributed by atoms with Gasteiger partial charge in [0.05, 0.1) is 43.4 Å². The molecule has 2 fully saturated rings. The molecule has 1 aromatic heterocycles. The van der Waals surface area contributed by atoms with Crippen molar-refractivity contribution in [3.63, 3.8) is 0 Å². The van der Waals surface area contributed by atoms with Gasteiger partial charge in [-0.05, 0) is 57.4 Å². The molecule has 1 amide bonds. The number of nitrogens with zero attached hydrogens (tertiary/aromatic N) is 4. The molecule has 8 nitrogen and oxygen atoms in total. The molecular formula is C25H33FN4O4. The Morgan fingerprint density at radius 2 is 1.97 bits per heavy atom. The molecule has 9 heteroatoms. The molecule has 34 heavy (non-hydrogen) atoms. The maximum Gasteiger partial charge on any atom is 0.253 e. The van der Waals surface area contributed by atoms with Crippen molar-refractivity contribution in [2.75, 3.05) is 44.8 Å². The second kappa shape index (κ2) is 10.2. The van der Waals surface area contributed by atoms with Crippen LogP contribution in [-0.2, 0) is 9.47 Å². The summed E-state index contributed by atoms with van der Waals surface area (Å²) in [6.45, 7) is 8.67. The van der Waals surface area contributed by atoms with Gasteiger partial charge in [-0.1, -0.05) is 0 Å². The van der Waals surface area contributed by atoms with Crippen molar-refractivity contribution in [2.24, 2.45) is 0 Å². The van der Waals surface area contributed by atoms with E-state index in [-0.39, 0.29) is 18.1 Å². The molecule has 0 bridgehead atoms. The number of hydrogen-bond acceptors (Lipinski definition) is 7. The lowest BCUT2D eigenvalue weighted by Crippen LogP contribution is -2.61. The fourth-order valence-corrected chi connectivity index (χ4v) is 4.72. The number of amides is 1. The summed E-state index contributed by atoms with van der Waals surface area (Å²) in [5, 5.41) is 0. The number of carbonyl (C=O) groups is 1. The molecule has 4 rings (SSSR count). The maximum atomic E-state index is 13.3. The summed E-state index contributed by atoms with van der Waals surface area (Å²) in [6.07, 6.45) is 3.64. The van der Waals surface area contributed by atoms with Crippen molar-refractivity contribution in [1.29, 1.82) is 0 Å². The van der Waals surface area contributed by atoms with Gasteiger partial charge >= 0.3 is 0 Å². The van der Waals surface area contributed by atoms with Gasteiger partial charge < -0.3 is 24.0 Å². The van der Waals surface area contributed by atoms with E-state index < -0.39 is 11.4 Å². The van der Waals surface area contributed by atoms with Gasteiger partial charge in [0, 0.05) is 32.3 Å². The van der Waals surface area contributed by atoms with E-state index in [9.17, 15) is 9.18 Å². The smallest absolute Gasteiger partial charge is 0.253 e. The Balaban J connectivity index is 1.44. The summed E-state index contributed by atoms with van der Waals surface area (Å²) >= 11 is 0. The van der Waals surface area contributed by atoms with Crippen molar-refractivity contribution >= 4 is 11.9 Å². The number of aryl methyl sites for hydroxylation is 1. The van der Waals surface area contributed by atoms with E-state index in [1.54, 1.807) is 7.11 Å². The van der Waals surface area contributed by atoms with Crippen LogP contribution in [0, 0.1) is 12.7 Å². The summed E-state index contributed by atoms with van der Waals surface area (Å²) in [5.41, 5.74) is 1.16. The molecule has 2 aliphatic heterocycles. The molecule has 0 saturated carbocycles. The molecule has 1 spiro atoms. The first-order valence-corrected chi connectivity index (χ1v) is 11.7. The first-order chi connectivity index (χ1) is 16.3. The van der Waals surface area contributed by atoms with E-state index in [1.807, 2.05) is 48.8 Å². The van der Waals surface area contributed by atoms with Crippen LogP contribution in [0.5, 0.6) is 5.75 Å². The quantitative estimate of drug-likeness (QED) is 0.639. The van der Waals surface area contributed by atoms with E-state index in [0.29, 0.717) is 57.1 Å². The second-order valence-corrected chi connectivity index (χ2v) is 9.40. The Hall–Kier alpha value is -2.78. The number of likely N-dealkylation sites (tertiary alicyclic amines) is 1. The lowest BCUT2D eigenvalue weighted by molar-refractivity contribution is -0.145. The number of carbonyl (C=O) groups excluding carboxylic acids is 1. The van der Waals surface area contributed by atoms with E-state index in [2.05, 4.69) is 9.97 Å². The van der Waals surface area contributed by atoms with Crippen LogP contribution in [0.15, 0.2) is 30.6 Å². The average molecular weight is 473 g/mol. The molecule has 0 aliphatic carbocycles. The van der Waals surface area contributed by atoms with Crippen LogP contribution in [0.25, 0.3) is 0 Å². The topological polar surface area (TPSA) is 77.0 Å². The van der Waals surface area contributed by atoms with Crippen molar-refractivity contribution in [3.05, 3.63) is 47.5 Å². The number of aromatic nitrogens is 2. The summed E-state index contributed by atoms with van der Waals surface area (Å²) in [4.78, 5) is 25.4. The van der Waals surface area contributed by atoms with Crippen LogP contribution >= 0.6 is 0 Å². The zero-order valence-corrected chi connectivity index (χ0v) is 20.3. The Labute approximate surface area is 200 Å². The number of rotatable bonds is 6. The lowest BCUT2D eigenvalue weighted by Gasteiger charge is -2.49. The zero-order valence-electron chi connectivity index (χ0n) is 20.3. The van der Waals surface area contributed by atoms with Gasteiger partial charge in [0.15, 0.2) is 5.82 Å². The van der Waals surface area contributed by atoms with Gasteiger partial charge in [0.25, 0.3) is 5.91 Å². The molecule has 0 radical (unpaired) electrons. The standard InChI is InChI=1S/C25H33FN4O4/c1-17(2)33-22-6-5-19(11-18(22)3)23(31)29-9-7-25(8-10-29)16-30(14-21(34-25)15-32-4)24-27-12-20(26)13-28-24/h5-6,11-13,17,21H,7-10,14-16H2,1-4H3. The largest absolute Gasteiger partial charge is 0.491 e. The number of morpholine rings is 1. The highest BCUT2D eigenvalue weighted by Crippen LogP contribution is 2.34. The highest BCUT2D eigenvalue weighted by molar-refractivity contribution is 5.94. The number of hydrogen-bond donors (Lipinski definition) is 0. The third-order valence-corrected chi connectivity index (χ3v) is 6.31. The molecular weight excluding hydrogens is 439 g/mol. The third-order valence-electron chi connectivity index (χ3n) is 6.31. The van der Waals surface area contributed by atoms with Crippen LogP contribution in [0.3, 0.4) is 0 Å². The molecule has 1 unspecified atom stereocenters. The Morgan fingerprint density at radius 3 is 2.59 bits per heavy atom. The van der Waals surface area contributed by atoms with E-state index in [1.165, 1.54) is 12.4 Å². The summed E-state index contributed by atoms with van der Waals surface area (Å²) < 4.78 is 31.0. The van der Waals surface area contributed by atoms with E-state index in [0.717, 1.165) is 11.3 Å². The molecule has 2 aromatic rings. The fraction of sp³-hybridized carbons (Fsp3) is 0.560. The Bertz CT molecular complexity index is 993. The van der Waals surface area contributed by atoms with Crippen LogP contribution in [0.4, 0.5) is 10.3 Å². The van der Waals surface area contributed by atoms with Gasteiger partial charge in [0.1, 0.15) is 5.75 Å². The fourth-order valence-electron chi connectivity index (χ4n) is 4.72. The zero-order chi connectivity index (χ0) is 24.3. The SMILES string of the molecule is COCC1CN(c2ncc(F)cn2)CC2(CCN(C(=O)c3ccc(OC(C)C)c(C)c3)CC2)O1. The normalized spacial score (nSPS) is 20.1. The van der Waals surface area contributed by atoms with Crippen molar-refractivity contribution in [1.82, 2.24) is 14.9 Å². The number of benzene rings is 1. The highest BCUT2D eigenvalue weighted by Gasteiger charge is 2.44. The van der Waals surface area contributed by atoms with Crippen LogP contribution < -0.4 is 9.64 Å². The molecule has 2 aliphatic rings. The third kappa shape index (κ3) is 5.47. The van der Waals surface area contributed by atoms with Gasteiger partial charge in [-0.2, -0.15) is 0 Å². The van der Waals surface area contributed by atoms with Gasteiger partial charge in [-0.15, -0.1) is 0 Å². The monoisotopic (exact) mass is 472 g/mol. The molecule has 3 heterocycles. The number of halogens is 1. The highest BCUT2D eigenvalue weighted by atomic mass is 19.1. The minimum Gasteiger partial charge on any atom is -0.491 e. The van der Waals surface area contributed by atoms with Crippen LogP contribution in [-0.4, -0.2) is 78.5 Å². The minimum atomic E-state index is -0.467. The first kappa shape index (κ1) is 24.3. The van der Waals surface area contributed by atoms with Crippen molar-refractivity contribution < 1.29 is 23.4 Å². The maximum absolute atomic E-state index is 13.3. The molecule has 0 N–H and O–H groups in total. The Kier molecular flexibility index (Phi) is 7.33. The predicted octanol–water partition coefficient (Wildman–Crippen LogP) is 3.24. The lowest BCUT2D eigenvalue weighted by atomic mass is 9.88. The molecule has 184 valence electrons. The van der Waals surface area contributed by atoms with Crippen molar-refractivity contribution in [3.8, 4) is 5.75 Å². The van der Waals surface area contributed by atoms with Gasteiger partial charge in [-0.3, -0.25) is 4.79 Å². The first-order valence-electron chi connectivity index (χ1n) is 11.7. The molecule has 2 saturated heterocycles.